The van der Waals surface area contributed by atoms with Crippen molar-refractivity contribution in [2.75, 3.05) is 36.8 Å². The highest BCUT2D eigenvalue weighted by Gasteiger charge is 2.46. The fraction of sp³-hybridized carbons (Fsp3) is 0.333. The van der Waals surface area contributed by atoms with Crippen molar-refractivity contribution in [3.8, 4) is 17.2 Å². The molecule has 0 radical (unpaired) electrons. The molecule has 1 atom stereocenters. The van der Waals surface area contributed by atoms with E-state index in [1.807, 2.05) is 29.2 Å². The largest absolute Gasteiger partial charge is 0.354 e. The highest BCUT2D eigenvalue weighted by atomic mass is 32.2. The SMILES string of the molecule is C[C@]1(CS(=O)(=O)N2CCN(c3ccc(-c4ccc(C#N)cc4)cn3)CC2)NC(=O)NC1=O. The minimum atomic E-state index is -3.75. The highest BCUT2D eigenvalue weighted by molar-refractivity contribution is 7.89. The highest BCUT2D eigenvalue weighted by Crippen LogP contribution is 2.23. The fourth-order valence-electron chi connectivity index (χ4n) is 3.81. The smallest absolute Gasteiger partial charge is 0.322 e. The Kier molecular flexibility index (Phi) is 5.58. The van der Waals surface area contributed by atoms with Gasteiger partial charge in [0.2, 0.25) is 10.0 Å². The number of benzene rings is 1. The van der Waals surface area contributed by atoms with Crippen LogP contribution < -0.4 is 15.5 Å². The molecule has 3 heterocycles. The Labute approximate surface area is 185 Å². The molecular formula is C21H22N6O4S. The number of anilines is 1. The predicted octanol–water partition coefficient (Wildman–Crippen LogP) is 0.670. The maximum Gasteiger partial charge on any atom is 0.322 e. The second-order valence-electron chi connectivity index (χ2n) is 7.98. The van der Waals surface area contributed by atoms with Crippen LogP contribution in [0.2, 0.25) is 0 Å². The third kappa shape index (κ3) is 4.28. The van der Waals surface area contributed by atoms with Crippen molar-refractivity contribution in [2.24, 2.45) is 0 Å². The first kappa shape index (κ1) is 21.7. The molecule has 0 aliphatic carbocycles. The summed E-state index contributed by atoms with van der Waals surface area (Å²) in [5, 5.41) is 13.4. The number of aromatic nitrogens is 1. The lowest BCUT2D eigenvalue weighted by Crippen LogP contribution is -2.55. The maximum atomic E-state index is 12.8. The average molecular weight is 455 g/mol. The van der Waals surface area contributed by atoms with E-state index in [-0.39, 0.29) is 13.1 Å². The summed E-state index contributed by atoms with van der Waals surface area (Å²) in [6.45, 7) is 2.83. The van der Waals surface area contributed by atoms with Crippen molar-refractivity contribution >= 4 is 27.8 Å². The van der Waals surface area contributed by atoms with Gasteiger partial charge in [0.1, 0.15) is 11.4 Å². The zero-order chi connectivity index (χ0) is 22.9. The molecule has 2 aliphatic rings. The zero-order valence-corrected chi connectivity index (χ0v) is 18.2. The summed E-state index contributed by atoms with van der Waals surface area (Å²) in [5.41, 5.74) is 0.992. The summed E-state index contributed by atoms with van der Waals surface area (Å²) < 4.78 is 27.0. The Balaban J connectivity index is 1.38. The second-order valence-corrected chi connectivity index (χ2v) is 9.95. The van der Waals surface area contributed by atoms with Crippen LogP contribution in [0, 0.1) is 11.3 Å². The van der Waals surface area contributed by atoms with Crippen molar-refractivity contribution in [3.05, 3.63) is 48.2 Å². The van der Waals surface area contributed by atoms with Crippen LogP contribution in [-0.4, -0.2) is 67.1 Å². The lowest BCUT2D eigenvalue weighted by molar-refractivity contribution is -0.122. The number of hydrogen-bond donors (Lipinski definition) is 2. The number of amides is 3. The van der Waals surface area contributed by atoms with Gasteiger partial charge in [0.05, 0.1) is 17.4 Å². The third-order valence-electron chi connectivity index (χ3n) is 5.64. The number of rotatable bonds is 5. The van der Waals surface area contributed by atoms with E-state index in [9.17, 15) is 18.0 Å². The number of nitrogens with zero attached hydrogens (tertiary/aromatic N) is 4. The Hall–Kier alpha value is -3.49. The van der Waals surface area contributed by atoms with E-state index in [0.717, 1.165) is 16.9 Å². The normalized spacial score (nSPS) is 21.7. The van der Waals surface area contributed by atoms with E-state index < -0.39 is 33.3 Å². The summed E-state index contributed by atoms with van der Waals surface area (Å²) in [5.74, 6) is -0.389. The molecule has 32 heavy (non-hydrogen) atoms. The Morgan fingerprint density at radius 3 is 2.25 bits per heavy atom. The van der Waals surface area contributed by atoms with Gasteiger partial charge in [0, 0.05) is 37.9 Å². The van der Waals surface area contributed by atoms with Crippen molar-refractivity contribution in [2.45, 2.75) is 12.5 Å². The molecule has 10 nitrogen and oxygen atoms in total. The molecule has 1 aromatic heterocycles. The van der Waals surface area contributed by atoms with Crippen molar-refractivity contribution in [1.29, 1.82) is 5.26 Å². The van der Waals surface area contributed by atoms with Gasteiger partial charge in [-0.15, -0.1) is 0 Å². The van der Waals surface area contributed by atoms with Gasteiger partial charge in [0.15, 0.2) is 0 Å². The summed E-state index contributed by atoms with van der Waals surface area (Å²) in [6.07, 6.45) is 1.75. The lowest BCUT2D eigenvalue weighted by Gasteiger charge is -2.35. The van der Waals surface area contributed by atoms with Crippen LogP contribution in [-0.2, 0) is 14.8 Å². The van der Waals surface area contributed by atoms with E-state index in [0.29, 0.717) is 18.7 Å². The first-order valence-corrected chi connectivity index (χ1v) is 11.6. The summed E-state index contributed by atoms with van der Waals surface area (Å²) in [6, 6.07) is 12.5. The minimum Gasteiger partial charge on any atom is -0.354 e. The summed E-state index contributed by atoms with van der Waals surface area (Å²) >= 11 is 0. The van der Waals surface area contributed by atoms with E-state index in [2.05, 4.69) is 21.7 Å². The van der Waals surface area contributed by atoms with Gasteiger partial charge >= 0.3 is 6.03 Å². The average Bonchev–Trinajstić information content (AvgIpc) is 3.04. The molecule has 11 heteroatoms. The number of carbonyl (C=O) groups is 2. The van der Waals surface area contributed by atoms with Crippen LogP contribution in [0.25, 0.3) is 11.1 Å². The Morgan fingerprint density at radius 2 is 1.72 bits per heavy atom. The van der Waals surface area contributed by atoms with Crippen LogP contribution in [0.15, 0.2) is 42.6 Å². The Morgan fingerprint density at radius 1 is 1.06 bits per heavy atom. The molecule has 0 bridgehead atoms. The topological polar surface area (TPSA) is 136 Å². The molecule has 2 N–H and O–H groups in total. The van der Waals surface area contributed by atoms with Crippen LogP contribution in [0.4, 0.5) is 10.6 Å². The Bertz CT molecular complexity index is 1180. The van der Waals surface area contributed by atoms with Gasteiger partial charge in [-0.2, -0.15) is 9.57 Å². The van der Waals surface area contributed by atoms with Gasteiger partial charge in [-0.1, -0.05) is 12.1 Å². The molecule has 0 spiro atoms. The van der Waals surface area contributed by atoms with Crippen LogP contribution in [0.3, 0.4) is 0 Å². The molecule has 2 aliphatic heterocycles. The maximum absolute atomic E-state index is 12.8. The lowest BCUT2D eigenvalue weighted by atomic mass is 10.1. The molecule has 1 aromatic carbocycles. The molecule has 4 rings (SSSR count). The van der Waals surface area contributed by atoms with E-state index >= 15 is 0 Å². The van der Waals surface area contributed by atoms with Crippen LogP contribution in [0.1, 0.15) is 12.5 Å². The quantitative estimate of drug-likeness (QED) is 0.634. The van der Waals surface area contributed by atoms with Crippen molar-refractivity contribution < 1.29 is 18.0 Å². The predicted molar refractivity (Wildman–Crippen MR) is 117 cm³/mol. The molecule has 166 valence electrons. The number of hydrogen-bond acceptors (Lipinski definition) is 7. The number of sulfonamides is 1. The van der Waals surface area contributed by atoms with Gasteiger partial charge in [-0.05, 0) is 36.8 Å². The van der Waals surface area contributed by atoms with Gasteiger partial charge in [-0.3, -0.25) is 10.1 Å². The van der Waals surface area contributed by atoms with E-state index in [1.54, 1.807) is 18.3 Å². The molecule has 2 aromatic rings. The van der Waals surface area contributed by atoms with Gasteiger partial charge < -0.3 is 10.2 Å². The number of nitrogens with one attached hydrogen (secondary N) is 2. The summed E-state index contributed by atoms with van der Waals surface area (Å²) in [4.78, 5) is 29.9. The molecule has 2 fully saturated rings. The van der Waals surface area contributed by atoms with Crippen LogP contribution in [0.5, 0.6) is 0 Å². The minimum absolute atomic E-state index is 0.257. The number of imide groups is 1. The monoisotopic (exact) mass is 454 g/mol. The number of urea groups is 1. The van der Waals surface area contributed by atoms with E-state index in [4.69, 9.17) is 5.26 Å². The second kappa shape index (κ2) is 8.22. The number of pyridine rings is 1. The first-order chi connectivity index (χ1) is 15.2. The molecular weight excluding hydrogens is 432 g/mol. The molecule has 0 unspecified atom stereocenters. The number of nitriles is 1. The molecule has 3 amide bonds. The number of piperazine rings is 1. The standard InChI is InChI=1S/C21H22N6O4S/c1-21(19(28)24-20(29)25-21)14-32(30,31)27-10-8-26(9-11-27)18-7-6-17(13-23-18)16-4-2-15(12-22)3-5-16/h2-7,13H,8-11,14H2,1H3,(H2,24,25,28,29)/t21-/m1/s1. The van der Waals surface area contributed by atoms with Crippen molar-refractivity contribution in [1.82, 2.24) is 19.9 Å². The van der Waals surface area contributed by atoms with Gasteiger partial charge in [-0.25, -0.2) is 18.2 Å². The number of carbonyl (C=O) groups excluding carboxylic acids is 2. The zero-order valence-electron chi connectivity index (χ0n) is 17.4. The van der Waals surface area contributed by atoms with E-state index in [1.165, 1.54) is 11.2 Å². The van der Waals surface area contributed by atoms with Crippen LogP contribution >= 0.6 is 0 Å². The third-order valence-corrected chi connectivity index (χ3v) is 7.73. The fourth-order valence-corrected chi connectivity index (χ4v) is 5.65. The van der Waals surface area contributed by atoms with Crippen molar-refractivity contribution in [3.63, 3.8) is 0 Å². The molecule has 0 saturated carbocycles. The first-order valence-electron chi connectivity index (χ1n) is 10.0. The van der Waals surface area contributed by atoms with Gasteiger partial charge in [0.25, 0.3) is 5.91 Å². The summed E-state index contributed by atoms with van der Waals surface area (Å²) in [7, 11) is -3.75. The molecule has 2 saturated heterocycles.